The second-order valence-electron chi connectivity index (χ2n) is 7.22. The zero-order valence-electron chi connectivity index (χ0n) is 11.9. The first kappa shape index (κ1) is 14.0. The van der Waals surface area contributed by atoms with E-state index in [2.05, 4.69) is 20.8 Å². The molecule has 2 saturated carbocycles. The molecule has 0 saturated heterocycles. The van der Waals surface area contributed by atoms with E-state index in [1.165, 1.54) is 0 Å². The van der Waals surface area contributed by atoms with Gasteiger partial charge in [-0.1, -0.05) is 20.8 Å². The Balaban J connectivity index is 2.31. The van der Waals surface area contributed by atoms with Gasteiger partial charge in [0.05, 0.1) is 11.7 Å². The van der Waals surface area contributed by atoms with Crippen LogP contribution in [0.3, 0.4) is 0 Å². The van der Waals surface area contributed by atoms with Crippen molar-refractivity contribution in [3.05, 3.63) is 0 Å². The number of aliphatic hydroxyl groups is 2. The Kier molecular flexibility index (Phi) is 3.35. The molecule has 104 valence electrons. The molecule has 3 nitrogen and oxygen atoms in total. The van der Waals surface area contributed by atoms with Crippen LogP contribution in [0.5, 0.6) is 0 Å². The smallest absolute Gasteiger partial charge is 0.136 e. The van der Waals surface area contributed by atoms with Crippen LogP contribution in [0.15, 0.2) is 0 Å². The Labute approximate surface area is 110 Å². The lowest BCUT2D eigenvalue weighted by atomic mass is 9.51. The fourth-order valence-electron chi connectivity index (χ4n) is 4.16. The molecule has 0 radical (unpaired) electrons. The lowest BCUT2D eigenvalue weighted by Crippen LogP contribution is -2.60. The SMILES string of the molecule is CC(C)[C@H]1C[C@@H]2[C@](C)(CC[C@@H](O)[C@]2(C)O)CC1=O. The van der Waals surface area contributed by atoms with E-state index in [9.17, 15) is 15.0 Å². The van der Waals surface area contributed by atoms with Crippen LogP contribution in [0, 0.1) is 23.2 Å². The van der Waals surface area contributed by atoms with Crippen LogP contribution in [0.2, 0.25) is 0 Å². The van der Waals surface area contributed by atoms with Gasteiger partial charge in [0.1, 0.15) is 5.78 Å². The Morgan fingerprint density at radius 1 is 1.33 bits per heavy atom. The maximum atomic E-state index is 12.2. The number of ketones is 1. The summed E-state index contributed by atoms with van der Waals surface area (Å²) in [4.78, 5) is 12.2. The van der Waals surface area contributed by atoms with Crippen molar-refractivity contribution in [3.63, 3.8) is 0 Å². The molecule has 0 aromatic rings. The van der Waals surface area contributed by atoms with Crippen molar-refractivity contribution < 1.29 is 15.0 Å². The van der Waals surface area contributed by atoms with Crippen LogP contribution in [0.1, 0.15) is 53.4 Å². The van der Waals surface area contributed by atoms with E-state index in [0.29, 0.717) is 24.5 Å². The highest BCUT2D eigenvalue weighted by molar-refractivity contribution is 5.83. The molecule has 18 heavy (non-hydrogen) atoms. The molecule has 2 fully saturated rings. The van der Waals surface area contributed by atoms with Crippen molar-refractivity contribution >= 4 is 5.78 Å². The number of Topliss-reactive ketones (excluding diaryl/α,β-unsaturated/α-hetero) is 1. The zero-order valence-corrected chi connectivity index (χ0v) is 11.9. The standard InChI is InChI=1S/C15H26O3/c1-9(2)10-7-12-14(3,8-11(10)16)6-5-13(17)15(12,4)18/h9-10,12-13,17-18H,5-8H2,1-4H3/t10-,12-,13-,14-,15-/m1/s1. The van der Waals surface area contributed by atoms with Crippen molar-refractivity contribution in [1.82, 2.24) is 0 Å². The monoisotopic (exact) mass is 254 g/mol. The van der Waals surface area contributed by atoms with Crippen LogP contribution < -0.4 is 0 Å². The summed E-state index contributed by atoms with van der Waals surface area (Å²) in [7, 11) is 0. The van der Waals surface area contributed by atoms with Crippen LogP contribution in [0.25, 0.3) is 0 Å². The maximum Gasteiger partial charge on any atom is 0.136 e. The van der Waals surface area contributed by atoms with E-state index in [1.807, 2.05) is 0 Å². The summed E-state index contributed by atoms with van der Waals surface area (Å²) in [6.45, 7) is 7.98. The quantitative estimate of drug-likeness (QED) is 0.754. The lowest BCUT2D eigenvalue weighted by Gasteiger charge is -2.55. The molecule has 2 aliphatic carbocycles. The van der Waals surface area contributed by atoms with Gasteiger partial charge in [-0.15, -0.1) is 0 Å². The van der Waals surface area contributed by atoms with E-state index < -0.39 is 11.7 Å². The zero-order chi connectivity index (χ0) is 13.7. The van der Waals surface area contributed by atoms with Gasteiger partial charge in [0.15, 0.2) is 0 Å². The highest BCUT2D eigenvalue weighted by Crippen LogP contribution is 2.55. The van der Waals surface area contributed by atoms with Gasteiger partial charge in [-0.05, 0) is 43.4 Å². The number of hydrogen-bond acceptors (Lipinski definition) is 3. The highest BCUT2D eigenvalue weighted by atomic mass is 16.3. The van der Waals surface area contributed by atoms with Gasteiger partial charge in [-0.2, -0.15) is 0 Å². The predicted molar refractivity (Wildman–Crippen MR) is 70.0 cm³/mol. The summed E-state index contributed by atoms with van der Waals surface area (Å²) in [5.41, 5.74) is -1.19. The second kappa shape index (κ2) is 4.31. The summed E-state index contributed by atoms with van der Waals surface area (Å²) in [5, 5.41) is 20.7. The summed E-state index contributed by atoms with van der Waals surface area (Å²) in [6.07, 6.45) is 2.06. The Morgan fingerprint density at radius 3 is 2.50 bits per heavy atom. The van der Waals surface area contributed by atoms with Gasteiger partial charge in [-0.3, -0.25) is 4.79 Å². The molecular weight excluding hydrogens is 228 g/mol. The molecule has 0 heterocycles. The topological polar surface area (TPSA) is 57.5 Å². The third-order valence-corrected chi connectivity index (χ3v) is 5.50. The van der Waals surface area contributed by atoms with Crippen LogP contribution in [0.4, 0.5) is 0 Å². The molecule has 3 heteroatoms. The van der Waals surface area contributed by atoms with Crippen molar-refractivity contribution in [2.75, 3.05) is 0 Å². The van der Waals surface area contributed by atoms with Crippen LogP contribution in [-0.4, -0.2) is 27.7 Å². The van der Waals surface area contributed by atoms with Gasteiger partial charge in [0.25, 0.3) is 0 Å². The number of aliphatic hydroxyl groups excluding tert-OH is 1. The summed E-state index contributed by atoms with van der Waals surface area (Å²) < 4.78 is 0. The molecule has 2 N–H and O–H groups in total. The average molecular weight is 254 g/mol. The Bertz CT molecular complexity index is 348. The number of fused-ring (bicyclic) bond motifs is 1. The molecule has 0 bridgehead atoms. The highest BCUT2D eigenvalue weighted by Gasteiger charge is 2.56. The maximum absolute atomic E-state index is 12.2. The minimum atomic E-state index is -1.05. The first-order valence-corrected chi connectivity index (χ1v) is 7.11. The fourth-order valence-corrected chi connectivity index (χ4v) is 4.16. The van der Waals surface area contributed by atoms with E-state index in [4.69, 9.17) is 0 Å². The first-order chi connectivity index (χ1) is 8.18. The van der Waals surface area contributed by atoms with Crippen molar-refractivity contribution in [3.8, 4) is 0 Å². The minimum Gasteiger partial charge on any atom is -0.390 e. The molecule has 0 aromatic carbocycles. The second-order valence-corrected chi connectivity index (χ2v) is 7.22. The fraction of sp³-hybridized carbons (Fsp3) is 0.933. The van der Waals surface area contributed by atoms with Gasteiger partial charge in [0, 0.05) is 12.3 Å². The minimum absolute atomic E-state index is 0.0267. The van der Waals surface area contributed by atoms with Crippen LogP contribution in [-0.2, 0) is 4.79 Å². The summed E-state index contributed by atoms with van der Waals surface area (Å²) >= 11 is 0. The largest absolute Gasteiger partial charge is 0.390 e. The molecule has 0 unspecified atom stereocenters. The van der Waals surface area contributed by atoms with E-state index in [1.54, 1.807) is 6.92 Å². The number of hydrogen-bond donors (Lipinski definition) is 2. The summed E-state index contributed by atoms with van der Waals surface area (Å²) in [5.74, 6) is 0.728. The molecule has 0 spiro atoms. The third-order valence-electron chi connectivity index (χ3n) is 5.50. The van der Waals surface area contributed by atoms with Gasteiger partial charge in [0.2, 0.25) is 0 Å². The van der Waals surface area contributed by atoms with E-state index in [-0.39, 0.29) is 17.3 Å². The van der Waals surface area contributed by atoms with Crippen molar-refractivity contribution in [1.29, 1.82) is 0 Å². The third kappa shape index (κ3) is 2.01. The average Bonchev–Trinajstić information content (AvgIpc) is 2.23. The normalized spacial score (nSPS) is 49.3. The number of carbonyl (C=O) groups excluding carboxylic acids is 1. The first-order valence-electron chi connectivity index (χ1n) is 7.11. The van der Waals surface area contributed by atoms with Crippen LogP contribution >= 0.6 is 0 Å². The Hall–Kier alpha value is -0.410. The van der Waals surface area contributed by atoms with E-state index >= 15 is 0 Å². The molecule has 0 aliphatic heterocycles. The van der Waals surface area contributed by atoms with Gasteiger partial charge in [-0.25, -0.2) is 0 Å². The molecule has 0 aromatic heterocycles. The molecule has 2 rings (SSSR count). The van der Waals surface area contributed by atoms with E-state index in [0.717, 1.165) is 12.8 Å². The molecular formula is C15H26O3. The van der Waals surface area contributed by atoms with Crippen molar-refractivity contribution in [2.24, 2.45) is 23.2 Å². The van der Waals surface area contributed by atoms with Gasteiger partial charge < -0.3 is 10.2 Å². The lowest BCUT2D eigenvalue weighted by molar-refractivity contribution is -0.188. The Morgan fingerprint density at radius 2 is 1.94 bits per heavy atom. The number of carbonyl (C=O) groups is 1. The number of rotatable bonds is 1. The molecule has 0 amide bonds. The molecule has 5 atom stereocenters. The van der Waals surface area contributed by atoms with Gasteiger partial charge >= 0.3 is 0 Å². The molecule has 2 aliphatic rings. The predicted octanol–water partition coefficient (Wildman–Crippen LogP) is 2.15. The van der Waals surface area contributed by atoms with Crippen molar-refractivity contribution in [2.45, 2.75) is 65.1 Å². The summed E-state index contributed by atoms with van der Waals surface area (Å²) in [6, 6.07) is 0.